The molecule has 1 fully saturated rings. The van der Waals surface area contributed by atoms with Gasteiger partial charge in [0.05, 0.1) is 11.1 Å². The van der Waals surface area contributed by atoms with Crippen molar-refractivity contribution in [3.8, 4) is 5.75 Å². The van der Waals surface area contributed by atoms with Crippen LogP contribution in [0.15, 0.2) is 22.7 Å². The van der Waals surface area contributed by atoms with E-state index in [9.17, 15) is 0 Å². The number of hydrogen-bond acceptors (Lipinski definition) is 2. The predicted molar refractivity (Wildman–Crippen MR) is 72.7 cm³/mol. The Morgan fingerprint density at radius 3 is 2.76 bits per heavy atom. The number of hydrogen-bond donors (Lipinski definition) is 0. The Morgan fingerprint density at radius 1 is 1.35 bits per heavy atom. The fraction of sp³-hybridized carbons (Fsp3) is 0.538. The molecule has 0 atom stereocenters. The Morgan fingerprint density at radius 2 is 2.12 bits per heavy atom. The standard InChI is InChI=1S/C13H16BrClO2/c14-12-7-11(8-15)1-2-13(12)17-9-10-3-5-16-6-4-10/h1-2,7,10H,3-6,8-9H2. The lowest BCUT2D eigenvalue weighted by Gasteiger charge is -2.22. The first kappa shape index (κ1) is 13.2. The van der Waals surface area contributed by atoms with Gasteiger partial charge in [-0.3, -0.25) is 0 Å². The van der Waals surface area contributed by atoms with Crippen molar-refractivity contribution in [3.63, 3.8) is 0 Å². The second kappa shape index (κ2) is 6.62. The maximum Gasteiger partial charge on any atom is 0.133 e. The Hall–Kier alpha value is -0.250. The monoisotopic (exact) mass is 318 g/mol. The summed E-state index contributed by atoms with van der Waals surface area (Å²) in [6, 6.07) is 5.98. The molecule has 0 aliphatic carbocycles. The van der Waals surface area contributed by atoms with E-state index in [1.165, 1.54) is 0 Å². The number of rotatable bonds is 4. The molecule has 0 unspecified atom stereocenters. The molecule has 1 aliphatic heterocycles. The van der Waals surface area contributed by atoms with Gasteiger partial charge in [0.25, 0.3) is 0 Å². The summed E-state index contributed by atoms with van der Waals surface area (Å²) in [5, 5.41) is 0. The molecule has 0 N–H and O–H groups in total. The van der Waals surface area contributed by atoms with Crippen molar-refractivity contribution in [2.24, 2.45) is 5.92 Å². The fourth-order valence-corrected chi connectivity index (χ4v) is 2.57. The predicted octanol–water partition coefficient (Wildman–Crippen LogP) is 3.99. The maximum atomic E-state index is 5.83. The molecule has 94 valence electrons. The molecule has 0 amide bonds. The van der Waals surface area contributed by atoms with Crippen LogP contribution in [0.3, 0.4) is 0 Å². The van der Waals surface area contributed by atoms with Gasteiger partial charge in [-0.05, 0) is 52.4 Å². The molecule has 2 nitrogen and oxygen atoms in total. The van der Waals surface area contributed by atoms with Crippen LogP contribution >= 0.6 is 27.5 Å². The molecular weight excluding hydrogens is 303 g/mol. The van der Waals surface area contributed by atoms with E-state index in [0.717, 1.165) is 48.4 Å². The van der Waals surface area contributed by atoms with Gasteiger partial charge in [0, 0.05) is 19.1 Å². The molecule has 0 spiro atoms. The smallest absolute Gasteiger partial charge is 0.133 e. The van der Waals surface area contributed by atoms with Crippen molar-refractivity contribution in [1.29, 1.82) is 0 Å². The summed E-state index contributed by atoms with van der Waals surface area (Å²) in [6.45, 7) is 2.49. The lowest BCUT2D eigenvalue weighted by Crippen LogP contribution is -2.21. The highest BCUT2D eigenvalue weighted by Crippen LogP contribution is 2.27. The van der Waals surface area contributed by atoms with Crippen LogP contribution in [0.4, 0.5) is 0 Å². The topological polar surface area (TPSA) is 18.5 Å². The SMILES string of the molecule is ClCc1ccc(OCC2CCOCC2)c(Br)c1. The van der Waals surface area contributed by atoms with E-state index < -0.39 is 0 Å². The highest BCUT2D eigenvalue weighted by Gasteiger charge is 2.15. The van der Waals surface area contributed by atoms with E-state index in [4.69, 9.17) is 21.1 Å². The molecule has 0 radical (unpaired) electrons. The van der Waals surface area contributed by atoms with E-state index >= 15 is 0 Å². The summed E-state index contributed by atoms with van der Waals surface area (Å²) in [4.78, 5) is 0. The molecule has 17 heavy (non-hydrogen) atoms. The van der Waals surface area contributed by atoms with E-state index in [-0.39, 0.29) is 0 Å². The lowest BCUT2D eigenvalue weighted by atomic mass is 10.0. The normalized spacial score (nSPS) is 17.1. The van der Waals surface area contributed by atoms with Crippen molar-refractivity contribution >= 4 is 27.5 Å². The third-order valence-corrected chi connectivity index (χ3v) is 3.89. The zero-order valence-corrected chi connectivity index (χ0v) is 12.0. The van der Waals surface area contributed by atoms with E-state index in [0.29, 0.717) is 11.8 Å². The molecular formula is C13H16BrClO2. The Labute approximate surface area is 115 Å². The largest absolute Gasteiger partial charge is 0.492 e. The molecule has 1 aromatic rings. The van der Waals surface area contributed by atoms with E-state index in [1.54, 1.807) is 0 Å². The summed E-state index contributed by atoms with van der Waals surface area (Å²) in [5.74, 6) is 2.03. The maximum absolute atomic E-state index is 5.83. The van der Waals surface area contributed by atoms with Crippen LogP contribution in [0.5, 0.6) is 5.75 Å². The van der Waals surface area contributed by atoms with E-state index in [1.807, 2.05) is 18.2 Å². The molecule has 1 aliphatic rings. The van der Waals surface area contributed by atoms with Gasteiger partial charge in [0.1, 0.15) is 5.75 Å². The summed E-state index contributed by atoms with van der Waals surface area (Å²) in [5.41, 5.74) is 1.09. The molecule has 1 aromatic carbocycles. The molecule has 0 bridgehead atoms. The number of ether oxygens (including phenoxy) is 2. The lowest BCUT2D eigenvalue weighted by molar-refractivity contribution is 0.0496. The van der Waals surface area contributed by atoms with Crippen molar-refractivity contribution in [2.45, 2.75) is 18.7 Å². The van der Waals surface area contributed by atoms with Crippen molar-refractivity contribution in [2.75, 3.05) is 19.8 Å². The van der Waals surface area contributed by atoms with Crippen molar-refractivity contribution in [1.82, 2.24) is 0 Å². The molecule has 2 rings (SSSR count). The number of halogens is 2. The van der Waals surface area contributed by atoms with Gasteiger partial charge in [-0.2, -0.15) is 0 Å². The molecule has 1 heterocycles. The number of benzene rings is 1. The summed E-state index contributed by atoms with van der Waals surface area (Å²) in [6.07, 6.45) is 2.19. The zero-order valence-electron chi connectivity index (χ0n) is 9.62. The summed E-state index contributed by atoms with van der Waals surface area (Å²) in [7, 11) is 0. The Bertz CT molecular complexity index is 364. The van der Waals surface area contributed by atoms with Gasteiger partial charge in [-0.1, -0.05) is 6.07 Å². The van der Waals surface area contributed by atoms with Crippen molar-refractivity contribution < 1.29 is 9.47 Å². The second-order valence-electron chi connectivity index (χ2n) is 4.27. The highest BCUT2D eigenvalue weighted by molar-refractivity contribution is 9.10. The van der Waals surface area contributed by atoms with Crippen LogP contribution in [0.25, 0.3) is 0 Å². The third kappa shape index (κ3) is 3.87. The third-order valence-electron chi connectivity index (χ3n) is 2.97. The minimum atomic E-state index is 0.527. The average molecular weight is 320 g/mol. The van der Waals surface area contributed by atoms with Crippen LogP contribution in [-0.2, 0) is 10.6 Å². The first-order chi connectivity index (χ1) is 8.29. The van der Waals surface area contributed by atoms with Gasteiger partial charge in [0.15, 0.2) is 0 Å². The molecule has 4 heteroatoms. The van der Waals surface area contributed by atoms with Crippen LogP contribution in [-0.4, -0.2) is 19.8 Å². The quantitative estimate of drug-likeness (QED) is 0.781. The fourth-order valence-electron chi connectivity index (χ4n) is 1.87. The van der Waals surface area contributed by atoms with Gasteiger partial charge in [-0.25, -0.2) is 0 Å². The van der Waals surface area contributed by atoms with Gasteiger partial charge >= 0.3 is 0 Å². The first-order valence-electron chi connectivity index (χ1n) is 5.84. The van der Waals surface area contributed by atoms with Crippen LogP contribution < -0.4 is 4.74 Å². The van der Waals surface area contributed by atoms with E-state index in [2.05, 4.69) is 15.9 Å². The molecule has 1 saturated heterocycles. The first-order valence-corrected chi connectivity index (χ1v) is 7.17. The zero-order chi connectivity index (χ0) is 12.1. The molecule has 0 aromatic heterocycles. The highest BCUT2D eigenvalue weighted by atomic mass is 79.9. The van der Waals surface area contributed by atoms with Crippen LogP contribution in [0, 0.1) is 5.92 Å². The van der Waals surface area contributed by atoms with Gasteiger partial charge in [-0.15, -0.1) is 11.6 Å². The van der Waals surface area contributed by atoms with Crippen LogP contribution in [0.2, 0.25) is 0 Å². The molecule has 0 saturated carbocycles. The minimum Gasteiger partial charge on any atom is -0.492 e. The van der Waals surface area contributed by atoms with Crippen LogP contribution in [0.1, 0.15) is 18.4 Å². The average Bonchev–Trinajstić information content (AvgIpc) is 2.38. The summed E-state index contributed by atoms with van der Waals surface area (Å²) >= 11 is 9.28. The Kier molecular flexibility index (Phi) is 5.14. The Balaban J connectivity index is 1.89. The van der Waals surface area contributed by atoms with Crippen molar-refractivity contribution in [3.05, 3.63) is 28.2 Å². The second-order valence-corrected chi connectivity index (χ2v) is 5.39. The summed E-state index contributed by atoms with van der Waals surface area (Å²) < 4.78 is 12.1. The minimum absolute atomic E-state index is 0.527. The van der Waals surface area contributed by atoms with Gasteiger partial charge < -0.3 is 9.47 Å². The van der Waals surface area contributed by atoms with Gasteiger partial charge in [0.2, 0.25) is 0 Å². The number of alkyl halides is 1.